The average Bonchev–Trinajstić information content (AvgIpc) is 2.69. The second-order valence-electron chi connectivity index (χ2n) is 7.11. The Bertz CT molecular complexity index is 1080. The molecule has 0 amide bonds. The topological polar surface area (TPSA) is 52.6 Å². The van der Waals surface area contributed by atoms with Crippen molar-refractivity contribution in [3.05, 3.63) is 82.4 Å². The molecule has 29 heavy (non-hydrogen) atoms. The maximum Gasteiger partial charge on any atom is 0.343 e. The van der Waals surface area contributed by atoms with E-state index in [1.54, 1.807) is 36.4 Å². The predicted molar refractivity (Wildman–Crippen MR) is 114 cm³/mol. The molecule has 0 bridgehead atoms. The minimum Gasteiger partial charge on any atom is -0.426 e. The van der Waals surface area contributed by atoms with Gasteiger partial charge in [0.1, 0.15) is 11.5 Å². The molecular formula is C25H24O4. The number of benzene rings is 3. The zero-order valence-electron chi connectivity index (χ0n) is 17.3. The van der Waals surface area contributed by atoms with Gasteiger partial charge in [-0.1, -0.05) is 30.3 Å². The highest BCUT2D eigenvalue weighted by Gasteiger charge is 2.22. The van der Waals surface area contributed by atoms with Crippen molar-refractivity contribution in [2.75, 3.05) is 0 Å². The van der Waals surface area contributed by atoms with E-state index in [2.05, 4.69) is 0 Å². The molecule has 3 rings (SSSR count). The number of ether oxygens (including phenoxy) is 2. The molecule has 3 aromatic carbocycles. The Morgan fingerprint density at radius 2 is 1.14 bits per heavy atom. The normalized spacial score (nSPS) is 10.5. The van der Waals surface area contributed by atoms with Crippen LogP contribution in [0.1, 0.15) is 39.5 Å². The summed E-state index contributed by atoms with van der Waals surface area (Å²) in [7, 11) is 0. The molecule has 0 atom stereocenters. The number of hydrogen-bond donors (Lipinski definition) is 0. The Hall–Kier alpha value is -3.40. The van der Waals surface area contributed by atoms with E-state index in [-0.39, 0.29) is 0 Å². The van der Waals surface area contributed by atoms with E-state index in [0.717, 1.165) is 33.4 Å². The second-order valence-corrected chi connectivity index (χ2v) is 7.11. The van der Waals surface area contributed by atoms with Crippen LogP contribution in [0.4, 0.5) is 0 Å². The van der Waals surface area contributed by atoms with Crippen LogP contribution in [0.3, 0.4) is 0 Å². The van der Waals surface area contributed by atoms with Crippen LogP contribution in [-0.2, 0) is 4.79 Å². The first-order valence-electron chi connectivity index (χ1n) is 9.46. The monoisotopic (exact) mass is 388 g/mol. The summed E-state index contributed by atoms with van der Waals surface area (Å²) in [4.78, 5) is 24.4. The number of rotatable bonds is 4. The Morgan fingerprint density at radius 1 is 0.655 bits per heavy atom. The van der Waals surface area contributed by atoms with Gasteiger partial charge in [-0.3, -0.25) is 4.79 Å². The maximum absolute atomic E-state index is 12.7. The van der Waals surface area contributed by atoms with Crippen LogP contribution in [-0.4, -0.2) is 11.9 Å². The minimum atomic E-state index is -0.436. The van der Waals surface area contributed by atoms with E-state index in [0.29, 0.717) is 17.1 Å². The SMILES string of the molecule is CC(=O)Oc1ccc(C)c(C)c1-c1c(OC(=O)c2ccccc2)ccc(C)c1C. The van der Waals surface area contributed by atoms with Gasteiger partial charge in [-0.15, -0.1) is 0 Å². The lowest BCUT2D eigenvalue weighted by Crippen LogP contribution is -2.11. The molecule has 0 spiro atoms. The largest absolute Gasteiger partial charge is 0.426 e. The number of hydrogen-bond acceptors (Lipinski definition) is 4. The zero-order chi connectivity index (χ0) is 21.1. The molecular weight excluding hydrogens is 364 g/mol. The van der Waals surface area contributed by atoms with Crippen molar-refractivity contribution < 1.29 is 19.1 Å². The first-order valence-corrected chi connectivity index (χ1v) is 9.46. The highest BCUT2D eigenvalue weighted by atomic mass is 16.5. The lowest BCUT2D eigenvalue weighted by molar-refractivity contribution is -0.131. The fourth-order valence-electron chi connectivity index (χ4n) is 3.26. The molecule has 148 valence electrons. The lowest BCUT2D eigenvalue weighted by atomic mass is 9.90. The summed E-state index contributed by atoms with van der Waals surface area (Å²) in [6.45, 7) is 9.32. The van der Waals surface area contributed by atoms with Gasteiger partial charge in [0.2, 0.25) is 0 Å². The summed E-state index contributed by atoms with van der Waals surface area (Å²) >= 11 is 0. The van der Waals surface area contributed by atoms with E-state index >= 15 is 0 Å². The van der Waals surface area contributed by atoms with Crippen LogP contribution in [0, 0.1) is 27.7 Å². The van der Waals surface area contributed by atoms with Crippen LogP contribution in [0.5, 0.6) is 11.5 Å². The lowest BCUT2D eigenvalue weighted by Gasteiger charge is -2.20. The Labute approximate surface area is 171 Å². The van der Waals surface area contributed by atoms with Crippen molar-refractivity contribution in [3.8, 4) is 22.6 Å². The van der Waals surface area contributed by atoms with Crippen molar-refractivity contribution in [2.24, 2.45) is 0 Å². The van der Waals surface area contributed by atoms with Gasteiger partial charge in [-0.05, 0) is 74.2 Å². The minimum absolute atomic E-state index is 0.400. The standard InChI is InChI=1S/C25H24O4/c1-15-11-13-21(28-19(5)26)23(17(15)3)24-18(4)16(2)12-14-22(24)29-25(27)20-9-7-6-8-10-20/h6-14H,1-5H3. The summed E-state index contributed by atoms with van der Waals surface area (Å²) < 4.78 is 11.3. The van der Waals surface area contributed by atoms with E-state index < -0.39 is 11.9 Å². The highest BCUT2D eigenvalue weighted by Crippen LogP contribution is 2.43. The summed E-state index contributed by atoms with van der Waals surface area (Å²) in [5.74, 6) is 0.0486. The van der Waals surface area contributed by atoms with E-state index in [9.17, 15) is 9.59 Å². The number of esters is 2. The molecule has 0 aromatic heterocycles. The van der Waals surface area contributed by atoms with Crippen LogP contribution < -0.4 is 9.47 Å². The molecule has 0 radical (unpaired) electrons. The molecule has 0 N–H and O–H groups in total. The molecule has 0 aliphatic heterocycles. The van der Waals surface area contributed by atoms with E-state index in [1.165, 1.54) is 6.92 Å². The zero-order valence-corrected chi connectivity index (χ0v) is 17.3. The average molecular weight is 388 g/mol. The van der Waals surface area contributed by atoms with Crippen LogP contribution in [0.2, 0.25) is 0 Å². The third-order valence-electron chi connectivity index (χ3n) is 5.11. The molecule has 0 fully saturated rings. The molecule has 0 saturated carbocycles. The Kier molecular flexibility index (Phi) is 5.83. The van der Waals surface area contributed by atoms with E-state index in [1.807, 2.05) is 45.9 Å². The Balaban J connectivity index is 2.20. The summed E-state index contributed by atoms with van der Waals surface area (Å²) in [5, 5.41) is 0. The van der Waals surface area contributed by atoms with Gasteiger partial charge in [0.05, 0.1) is 5.56 Å². The highest BCUT2D eigenvalue weighted by molar-refractivity contribution is 5.93. The van der Waals surface area contributed by atoms with Gasteiger partial charge in [-0.2, -0.15) is 0 Å². The van der Waals surface area contributed by atoms with Gasteiger partial charge < -0.3 is 9.47 Å². The van der Waals surface area contributed by atoms with Crippen LogP contribution >= 0.6 is 0 Å². The third-order valence-corrected chi connectivity index (χ3v) is 5.11. The summed E-state index contributed by atoms with van der Waals surface area (Å²) in [6, 6.07) is 16.3. The van der Waals surface area contributed by atoms with Gasteiger partial charge in [-0.25, -0.2) is 4.79 Å². The van der Waals surface area contributed by atoms with Crippen LogP contribution in [0.15, 0.2) is 54.6 Å². The van der Waals surface area contributed by atoms with Crippen molar-refractivity contribution in [1.29, 1.82) is 0 Å². The number of carbonyl (C=O) groups is 2. The van der Waals surface area contributed by atoms with E-state index in [4.69, 9.17) is 9.47 Å². The third kappa shape index (κ3) is 4.21. The maximum atomic E-state index is 12.7. The van der Waals surface area contributed by atoms with Gasteiger partial charge in [0.25, 0.3) is 0 Å². The summed E-state index contributed by atoms with van der Waals surface area (Å²) in [5.41, 5.74) is 6.02. The first kappa shape index (κ1) is 20.3. The molecule has 0 aliphatic rings. The van der Waals surface area contributed by atoms with Crippen LogP contribution in [0.25, 0.3) is 11.1 Å². The molecule has 3 aromatic rings. The molecule has 0 unspecified atom stereocenters. The fraction of sp³-hybridized carbons (Fsp3) is 0.200. The summed E-state index contributed by atoms with van der Waals surface area (Å²) in [6.07, 6.45) is 0. The second kappa shape index (κ2) is 8.31. The van der Waals surface area contributed by atoms with Gasteiger partial charge >= 0.3 is 11.9 Å². The smallest absolute Gasteiger partial charge is 0.343 e. The molecule has 0 aliphatic carbocycles. The number of aryl methyl sites for hydroxylation is 2. The first-order chi connectivity index (χ1) is 13.8. The Morgan fingerprint density at radius 3 is 1.62 bits per heavy atom. The van der Waals surface area contributed by atoms with Gasteiger partial charge in [0, 0.05) is 18.1 Å². The molecule has 0 heterocycles. The molecule has 4 heteroatoms. The van der Waals surface area contributed by atoms with Crippen molar-refractivity contribution >= 4 is 11.9 Å². The quantitative estimate of drug-likeness (QED) is 0.423. The number of carbonyl (C=O) groups excluding carboxylic acids is 2. The molecule has 0 saturated heterocycles. The fourth-order valence-corrected chi connectivity index (χ4v) is 3.26. The predicted octanol–water partition coefficient (Wildman–Crippen LogP) is 5.73. The van der Waals surface area contributed by atoms with Gasteiger partial charge in [0.15, 0.2) is 0 Å². The molecule has 4 nitrogen and oxygen atoms in total. The van der Waals surface area contributed by atoms with Crippen molar-refractivity contribution in [1.82, 2.24) is 0 Å². The van der Waals surface area contributed by atoms with Crippen molar-refractivity contribution in [3.63, 3.8) is 0 Å². The van der Waals surface area contributed by atoms with Crippen molar-refractivity contribution in [2.45, 2.75) is 34.6 Å².